The molecule has 0 aliphatic carbocycles. The summed E-state index contributed by atoms with van der Waals surface area (Å²) in [4.78, 5) is 12.6. The highest BCUT2D eigenvalue weighted by Crippen LogP contribution is 2.29. The van der Waals surface area contributed by atoms with Crippen LogP contribution in [0.2, 0.25) is 0 Å². The molecule has 1 fully saturated rings. The Balaban J connectivity index is 1.85. The SMILES string of the molecule is CN=C(NCc1nc(C(F)(F)F)cs1)NCC(C(C)C)N1CCN(C)CC1. The zero-order valence-corrected chi connectivity index (χ0v) is 17.1. The van der Waals surface area contributed by atoms with Gasteiger partial charge < -0.3 is 15.5 Å². The molecule has 1 aliphatic heterocycles. The second-order valence-electron chi connectivity index (χ2n) is 7.08. The molecule has 1 saturated heterocycles. The van der Waals surface area contributed by atoms with E-state index in [4.69, 9.17) is 0 Å². The fourth-order valence-corrected chi connectivity index (χ4v) is 3.78. The van der Waals surface area contributed by atoms with Gasteiger partial charge in [-0.25, -0.2) is 4.98 Å². The van der Waals surface area contributed by atoms with Crippen LogP contribution >= 0.6 is 11.3 Å². The lowest BCUT2D eigenvalue weighted by Crippen LogP contribution is -2.55. The number of nitrogens with one attached hydrogen (secondary N) is 2. The van der Waals surface area contributed by atoms with Crippen LogP contribution in [-0.2, 0) is 12.7 Å². The standard InChI is InChI=1S/C17H29F3N6S/c1-12(2)13(26-7-5-25(4)6-8-26)9-22-16(21-3)23-10-15-24-14(11-27-15)17(18,19)20/h11-13H,5-10H2,1-4H3,(H2,21,22,23). The van der Waals surface area contributed by atoms with Crippen LogP contribution in [0.25, 0.3) is 0 Å². The molecule has 27 heavy (non-hydrogen) atoms. The predicted molar refractivity (Wildman–Crippen MR) is 103 cm³/mol. The molecule has 0 bridgehead atoms. The zero-order chi connectivity index (χ0) is 20.0. The van der Waals surface area contributed by atoms with E-state index in [1.54, 1.807) is 7.05 Å². The minimum absolute atomic E-state index is 0.210. The van der Waals surface area contributed by atoms with Crippen molar-refractivity contribution in [2.24, 2.45) is 10.9 Å². The maximum absolute atomic E-state index is 12.6. The quantitative estimate of drug-likeness (QED) is 0.560. The number of hydrogen-bond acceptors (Lipinski definition) is 5. The first-order valence-electron chi connectivity index (χ1n) is 9.09. The summed E-state index contributed by atoms with van der Waals surface area (Å²) in [6, 6.07) is 0.369. The van der Waals surface area contributed by atoms with Crippen molar-refractivity contribution in [2.75, 3.05) is 46.8 Å². The Morgan fingerprint density at radius 1 is 1.26 bits per heavy atom. The Hall–Kier alpha value is -1.39. The van der Waals surface area contributed by atoms with Gasteiger partial charge in [0.2, 0.25) is 0 Å². The fraction of sp³-hybridized carbons (Fsp3) is 0.765. The van der Waals surface area contributed by atoms with Crippen molar-refractivity contribution in [2.45, 2.75) is 32.6 Å². The van der Waals surface area contributed by atoms with E-state index in [0.717, 1.165) is 49.4 Å². The molecule has 0 spiro atoms. The van der Waals surface area contributed by atoms with E-state index in [0.29, 0.717) is 22.9 Å². The van der Waals surface area contributed by atoms with Gasteiger partial charge in [-0.05, 0) is 13.0 Å². The van der Waals surface area contributed by atoms with Gasteiger partial charge in [0.1, 0.15) is 5.01 Å². The normalized spacial score (nSPS) is 18.7. The van der Waals surface area contributed by atoms with Gasteiger partial charge in [-0.2, -0.15) is 13.2 Å². The van der Waals surface area contributed by atoms with E-state index in [9.17, 15) is 13.2 Å². The molecule has 2 heterocycles. The Labute approximate surface area is 162 Å². The molecule has 10 heteroatoms. The first kappa shape index (κ1) is 21.9. The Morgan fingerprint density at radius 2 is 1.93 bits per heavy atom. The summed E-state index contributed by atoms with van der Waals surface area (Å²) in [5.74, 6) is 1.05. The van der Waals surface area contributed by atoms with Crippen molar-refractivity contribution < 1.29 is 13.2 Å². The van der Waals surface area contributed by atoms with Gasteiger partial charge in [-0.15, -0.1) is 11.3 Å². The highest BCUT2D eigenvalue weighted by atomic mass is 32.1. The maximum atomic E-state index is 12.6. The maximum Gasteiger partial charge on any atom is 0.434 e. The predicted octanol–water partition coefficient (Wildman–Crippen LogP) is 2.10. The van der Waals surface area contributed by atoms with Crippen molar-refractivity contribution in [3.8, 4) is 0 Å². The first-order chi connectivity index (χ1) is 12.7. The number of rotatable bonds is 6. The van der Waals surface area contributed by atoms with Crippen LogP contribution in [0.1, 0.15) is 24.5 Å². The molecule has 2 rings (SSSR count). The summed E-state index contributed by atoms with van der Waals surface area (Å²) >= 11 is 0.992. The second kappa shape index (κ2) is 9.70. The average molecular weight is 407 g/mol. The van der Waals surface area contributed by atoms with E-state index in [1.807, 2.05) is 0 Å². The third-order valence-electron chi connectivity index (χ3n) is 4.73. The number of aliphatic imine (C=N–C) groups is 1. The van der Waals surface area contributed by atoms with Gasteiger partial charge in [0.05, 0.1) is 6.54 Å². The molecular formula is C17H29F3N6S. The van der Waals surface area contributed by atoms with Crippen molar-refractivity contribution in [3.63, 3.8) is 0 Å². The average Bonchev–Trinajstić information content (AvgIpc) is 3.08. The molecule has 0 radical (unpaired) electrons. The van der Waals surface area contributed by atoms with Crippen LogP contribution in [0, 0.1) is 5.92 Å². The highest BCUT2D eigenvalue weighted by Gasteiger charge is 2.33. The number of hydrogen-bond donors (Lipinski definition) is 2. The molecule has 1 aromatic rings. The van der Waals surface area contributed by atoms with Crippen LogP contribution in [-0.4, -0.2) is 73.6 Å². The van der Waals surface area contributed by atoms with Gasteiger partial charge in [-0.3, -0.25) is 9.89 Å². The molecular weight excluding hydrogens is 377 g/mol. The third-order valence-corrected chi connectivity index (χ3v) is 5.58. The number of halogens is 3. The molecule has 1 aliphatic rings. The summed E-state index contributed by atoms with van der Waals surface area (Å²) in [5, 5.41) is 7.77. The number of alkyl halides is 3. The number of guanidine groups is 1. The van der Waals surface area contributed by atoms with E-state index in [-0.39, 0.29) is 6.54 Å². The van der Waals surface area contributed by atoms with E-state index >= 15 is 0 Å². The van der Waals surface area contributed by atoms with E-state index < -0.39 is 11.9 Å². The van der Waals surface area contributed by atoms with Crippen molar-refractivity contribution in [1.82, 2.24) is 25.4 Å². The lowest BCUT2D eigenvalue weighted by molar-refractivity contribution is -0.140. The highest BCUT2D eigenvalue weighted by molar-refractivity contribution is 7.09. The van der Waals surface area contributed by atoms with Crippen molar-refractivity contribution >= 4 is 17.3 Å². The van der Waals surface area contributed by atoms with Crippen LogP contribution in [0.4, 0.5) is 13.2 Å². The topological polar surface area (TPSA) is 55.8 Å². The van der Waals surface area contributed by atoms with Gasteiger partial charge in [0.15, 0.2) is 11.7 Å². The van der Waals surface area contributed by atoms with Crippen LogP contribution in [0.3, 0.4) is 0 Å². The lowest BCUT2D eigenvalue weighted by Gasteiger charge is -2.40. The molecule has 0 aromatic carbocycles. The smallest absolute Gasteiger partial charge is 0.355 e. The summed E-state index contributed by atoms with van der Waals surface area (Å²) < 4.78 is 37.9. The molecule has 1 unspecified atom stereocenters. The van der Waals surface area contributed by atoms with Crippen LogP contribution < -0.4 is 10.6 Å². The van der Waals surface area contributed by atoms with E-state index in [2.05, 4.69) is 51.3 Å². The number of piperazine rings is 1. The number of likely N-dealkylation sites (N-methyl/N-ethyl adjacent to an activating group) is 1. The largest absolute Gasteiger partial charge is 0.434 e. The van der Waals surface area contributed by atoms with Gasteiger partial charge in [0, 0.05) is 51.2 Å². The lowest BCUT2D eigenvalue weighted by atomic mass is 10.0. The van der Waals surface area contributed by atoms with Crippen molar-refractivity contribution in [1.29, 1.82) is 0 Å². The molecule has 1 aromatic heterocycles. The number of nitrogens with zero attached hydrogens (tertiary/aromatic N) is 4. The molecule has 0 amide bonds. The third kappa shape index (κ3) is 6.62. The summed E-state index contributed by atoms with van der Waals surface area (Å²) in [5.41, 5.74) is -0.845. The summed E-state index contributed by atoms with van der Waals surface area (Å²) in [6.45, 7) is 9.53. The van der Waals surface area contributed by atoms with Crippen LogP contribution in [0.5, 0.6) is 0 Å². The number of aromatic nitrogens is 1. The molecule has 2 N–H and O–H groups in total. The Kier molecular flexibility index (Phi) is 7.87. The monoisotopic (exact) mass is 406 g/mol. The fourth-order valence-electron chi connectivity index (χ4n) is 3.04. The Bertz CT molecular complexity index is 608. The second-order valence-corrected chi connectivity index (χ2v) is 8.02. The van der Waals surface area contributed by atoms with Crippen LogP contribution in [0.15, 0.2) is 10.4 Å². The molecule has 154 valence electrons. The van der Waals surface area contributed by atoms with Crippen molar-refractivity contribution in [3.05, 3.63) is 16.1 Å². The summed E-state index contributed by atoms with van der Waals surface area (Å²) in [7, 11) is 3.78. The van der Waals surface area contributed by atoms with E-state index in [1.165, 1.54) is 0 Å². The minimum atomic E-state index is -4.40. The molecule has 6 nitrogen and oxygen atoms in total. The molecule has 1 atom stereocenters. The molecule has 0 saturated carbocycles. The minimum Gasteiger partial charge on any atom is -0.355 e. The van der Waals surface area contributed by atoms with Gasteiger partial charge in [-0.1, -0.05) is 13.8 Å². The Morgan fingerprint density at radius 3 is 2.44 bits per heavy atom. The first-order valence-corrected chi connectivity index (χ1v) is 9.97. The summed E-state index contributed by atoms with van der Waals surface area (Å²) in [6.07, 6.45) is -4.40. The van der Waals surface area contributed by atoms with Gasteiger partial charge >= 0.3 is 6.18 Å². The zero-order valence-electron chi connectivity index (χ0n) is 16.3. The number of thiazole rings is 1. The van der Waals surface area contributed by atoms with Gasteiger partial charge in [0.25, 0.3) is 0 Å².